The molecule has 3 aromatic rings. The van der Waals surface area contributed by atoms with Crippen LogP contribution in [0.15, 0.2) is 35.5 Å². The van der Waals surface area contributed by atoms with Crippen molar-refractivity contribution in [3.05, 3.63) is 52.8 Å². The molecule has 1 aliphatic rings. The summed E-state index contributed by atoms with van der Waals surface area (Å²) in [5, 5.41) is 6.30. The molecule has 0 bridgehead atoms. The normalized spacial score (nSPS) is 17.8. The fourth-order valence-electron chi connectivity index (χ4n) is 3.37. The van der Waals surface area contributed by atoms with Crippen molar-refractivity contribution in [3.8, 4) is 0 Å². The van der Waals surface area contributed by atoms with E-state index in [0.717, 1.165) is 37.4 Å². The van der Waals surface area contributed by atoms with Gasteiger partial charge in [0.25, 0.3) is 5.91 Å². The van der Waals surface area contributed by atoms with Crippen molar-refractivity contribution in [1.29, 1.82) is 0 Å². The molecule has 0 aliphatic carbocycles. The third-order valence-corrected chi connectivity index (χ3v) is 5.21. The average Bonchev–Trinajstić information content (AvgIpc) is 3.37. The van der Waals surface area contributed by atoms with Gasteiger partial charge in [-0.3, -0.25) is 9.48 Å². The second kappa shape index (κ2) is 6.79. The Balaban J connectivity index is 1.50. The summed E-state index contributed by atoms with van der Waals surface area (Å²) in [6, 6.07) is 1.77. The Labute approximate surface area is 149 Å². The third-order valence-electron chi connectivity index (χ3n) is 4.57. The number of piperidine rings is 1. The van der Waals surface area contributed by atoms with Crippen LogP contribution in [0.3, 0.4) is 0 Å². The molecular formula is C17H20N6OS. The molecule has 4 heterocycles. The Hall–Kier alpha value is -2.48. The number of hydrogen-bond donors (Lipinski definition) is 0. The van der Waals surface area contributed by atoms with Gasteiger partial charge in [0.15, 0.2) is 0 Å². The van der Waals surface area contributed by atoms with Gasteiger partial charge < -0.3 is 9.47 Å². The molecule has 7 nitrogen and oxygen atoms in total. The van der Waals surface area contributed by atoms with Crippen LogP contribution in [-0.4, -0.2) is 48.2 Å². The third kappa shape index (κ3) is 3.34. The quantitative estimate of drug-likeness (QED) is 0.718. The van der Waals surface area contributed by atoms with Crippen LogP contribution in [0, 0.1) is 0 Å². The van der Waals surface area contributed by atoms with Gasteiger partial charge in [-0.1, -0.05) is 0 Å². The van der Waals surface area contributed by atoms with Gasteiger partial charge in [-0.2, -0.15) is 5.10 Å². The molecule has 1 atom stereocenters. The lowest BCUT2D eigenvalue weighted by Gasteiger charge is -2.32. The van der Waals surface area contributed by atoms with Gasteiger partial charge in [-0.05, 0) is 18.9 Å². The number of thiazole rings is 1. The summed E-state index contributed by atoms with van der Waals surface area (Å²) < 4.78 is 3.81. The second-order valence-corrected chi connectivity index (χ2v) is 7.08. The Morgan fingerprint density at radius 3 is 3.04 bits per heavy atom. The number of likely N-dealkylation sites (tertiary alicyclic amines) is 1. The van der Waals surface area contributed by atoms with Gasteiger partial charge in [0.2, 0.25) is 0 Å². The molecule has 25 heavy (non-hydrogen) atoms. The van der Waals surface area contributed by atoms with Gasteiger partial charge in [-0.25, -0.2) is 9.97 Å². The summed E-state index contributed by atoms with van der Waals surface area (Å²) in [6.45, 7) is 2.19. The molecule has 1 fully saturated rings. The van der Waals surface area contributed by atoms with Gasteiger partial charge >= 0.3 is 0 Å². The van der Waals surface area contributed by atoms with Gasteiger partial charge in [-0.15, -0.1) is 11.3 Å². The van der Waals surface area contributed by atoms with Crippen molar-refractivity contribution in [2.75, 3.05) is 13.1 Å². The van der Waals surface area contributed by atoms with E-state index in [4.69, 9.17) is 0 Å². The number of hydrogen-bond acceptors (Lipinski definition) is 5. The zero-order valence-corrected chi connectivity index (χ0v) is 14.9. The molecule has 4 rings (SSSR count). The van der Waals surface area contributed by atoms with Gasteiger partial charge in [0, 0.05) is 50.0 Å². The largest absolute Gasteiger partial charge is 0.337 e. The Morgan fingerprint density at radius 2 is 2.28 bits per heavy atom. The SMILES string of the molecule is Cn1ccc(C(=O)N2CCC[C@@H](c3nccn3Cc3cscn3)C2)n1. The zero-order valence-electron chi connectivity index (χ0n) is 14.1. The topological polar surface area (TPSA) is 68.8 Å². The molecule has 0 N–H and O–H groups in total. The van der Waals surface area contributed by atoms with E-state index in [0.29, 0.717) is 12.2 Å². The molecule has 1 saturated heterocycles. The maximum Gasteiger partial charge on any atom is 0.274 e. The van der Waals surface area contributed by atoms with Crippen LogP contribution in [0.1, 0.15) is 40.8 Å². The number of rotatable bonds is 4. The predicted octanol–water partition coefficient (Wildman–Crippen LogP) is 2.14. The Morgan fingerprint density at radius 1 is 1.36 bits per heavy atom. The highest BCUT2D eigenvalue weighted by molar-refractivity contribution is 7.07. The lowest BCUT2D eigenvalue weighted by molar-refractivity contribution is 0.0696. The highest BCUT2D eigenvalue weighted by Crippen LogP contribution is 2.27. The summed E-state index contributed by atoms with van der Waals surface area (Å²) in [5.74, 6) is 1.28. The van der Waals surface area contributed by atoms with Crippen molar-refractivity contribution in [2.45, 2.75) is 25.3 Å². The number of aryl methyl sites for hydroxylation is 1. The van der Waals surface area contributed by atoms with Crippen LogP contribution >= 0.6 is 11.3 Å². The molecule has 0 saturated carbocycles. The minimum atomic E-state index is 0.00269. The first kappa shape index (κ1) is 16.0. The van der Waals surface area contributed by atoms with Crippen LogP contribution in [0.5, 0.6) is 0 Å². The van der Waals surface area contributed by atoms with E-state index in [1.54, 1.807) is 28.3 Å². The fourth-order valence-corrected chi connectivity index (χ4v) is 3.92. The van der Waals surface area contributed by atoms with Crippen molar-refractivity contribution >= 4 is 17.2 Å². The van der Waals surface area contributed by atoms with E-state index in [-0.39, 0.29) is 11.8 Å². The fraction of sp³-hybridized carbons (Fsp3) is 0.412. The van der Waals surface area contributed by atoms with Crippen molar-refractivity contribution in [2.24, 2.45) is 7.05 Å². The first-order chi connectivity index (χ1) is 12.2. The summed E-state index contributed by atoms with van der Waals surface area (Å²) in [4.78, 5) is 23.5. The number of nitrogens with zero attached hydrogens (tertiary/aromatic N) is 6. The predicted molar refractivity (Wildman–Crippen MR) is 94.5 cm³/mol. The number of carbonyl (C=O) groups excluding carboxylic acids is 1. The first-order valence-corrected chi connectivity index (χ1v) is 9.32. The molecule has 130 valence electrons. The Bertz CT molecular complexity index is 852. The number of aromatic nitrogens is 5. The van der Waals surface area contributed by atoms with Crippen molar-refractivity contribution < 1.29 is 4.79 Å². The molecule has 0 aromatic carbocycles. The molecular weight excluding hydrogens is 336 g/mol. The summed E-state index contributed by atoms with van der Waals surface area (Å²) in [6.07, 6.45) is 7.65. The first-order valence-electron chi connectivity index (χ1n) is 8.37. The molecule has 3 aromatic heterocycles. The summed E-state index contributed by atoms with van der Waals surface area (Å²) in [7, 11) is 1.82. The van der Waals surface area contributed by atoms with Crippen LogP contribution in [0.2, 0.25) is 0 Å². The monoisotopic (exact) mass is 356 g/mol. The molecule has 1 aliphatic heterocycles. The summed E-state index contributed by atoms with van der Waals surface area (Å²) >= 11 is 1.60. The van der Waals surface area contributed by atoms with Gasteiger partial charge in [0.1, 0.15) is 11.5 Å². The number of amides is 1. The molecule has 1 amide bonds. The van der Waals surface area contributed by atoms with Crippen molar-refractivity contribution in [1.82, 2.24) is 29.2 Å². The molecule has 8 heteroatoms. The van der Waals surface area contributed by atoms with Crippen LogP contribution in [0.4, 0.5) is 0 Å². The van der Waals surface area contributed by atoms with Gasteiger partial charge in [0.05, 0.1) is 17.7 Å². The average molecular weight is 356 g/mol. The van der Waals surface area contributed by atoms with E-state index >= 15 is 0 Å². The maximum atomic E-state index is 12.7. The van der Waals surface area contributed by atoms with E-state index in [1.165, 1.54) is 0 Å². The summed E-state index contributed by atoms with van der Waals surface area (Å²) in [5.41, 5.74) is 3.40. The molecule has 0 unspecified atom stereocenters. The number of carbonyl (C=O) groups is 1. The van der Waals surface area contributed by atoms with Crippen LogP contribution in [0.25, 0.3) is 0 Å². The highest BCUT2D eigenvalue weighted by atomic mass is 32.1. The lowest BCUT2D eigenvalue weighted by Crippen LogP contribution is -2.40. The highest BCUT2D eigenvalue weighted by Gasteiger charge is 2.28. The maximum absolute atomic E-state index is 12.7. The van der Waals surface area contributed by atoms with Crippen molar-refractivity contribution in [3.63, 3.8) is 0 Å². The zero-order chi connectivity index (χ0) is 17.2. The lowest BCUT2D eigenvalue weighted by atomic mass is 9.96. The van der Waals surface area contributed by atoms with Crippen LogP contribution < -0.4 is 0 Å². The van der Waals surface area contributed by atoms with E-state index in [2.05, 4.69) is 25.0 Å². The minimum absolute atomic E-state index is 0.00269. The molecule has 0 spiro atoms. The van der Waals surface area contributed by atoms with E-state index < -0.39 is 0 Å². The second-order valence-electron chi connectivity index (χ2n) is 6.36. The van der Waals surface area contributed by atoms with Crippen LogP contribution in [-0.2, 0) is 13.6 Å². The smallest absolute Gasteiger partial charge is 0.274 e. The minimum Gasteiger partial charge on any atom is -0.337 e. The van der Waals surface area contributed by atoms with E-state index in [9.17, 15) is 4.79 Å². The number of imidazole rings is 1. The Kier molecular flexibility index (Phi) is 4.35. The van der Waals surface area contributed by atoms with E-state index in [1.807, 2.05) is 29.9 Å². The standard InChI is InChI=1S/C17H20N6OS/c1-21-7-4-15(20-21)17(24)23-6-2-3-13(9-23)16-18-5-8-22(16)10-14-11-25-12-19-14/h4-5,7-8,11-13H,2-3,6,9-10H2,1H3/t13-/m1/s1. The molecule has 0 radical (unpaired) electrons.